The first-order chi connectivity index (χ1) is 9.49. The Morgan fingerprint density at radius 3 is 2.50 bits per heavy atom. The highest BCUT2D eigenvalue weighted by Crippen LogP contribution is 2.20. The fourth-order valence-corrected chi connectivity index (χ4v) is 2.25. The molecule has 0 saturated heterocycles. The molecule has 0 saturated carbocycles. The molecule has 3 N–H and O–H groups in total. The minimum Gasteiger partial charge on any atom is -0.398 e. The minimum absolute atomic E-state index is 0.0736. The van der Waals surface area contributed by atoms with Crippen molar-refractivity contribution in [3.8, 4) is 0 Å². The van der Waals surface area contributed by atoms with Gasteiger partial charge in [-0.3, -0.25) is 4.79 Å². The van der Waals surface area contributed by atoms with Crippen LogP contribution in [0.25, 0.3) is 0 Å². The average Bonchev–Trinajstić information content (AvgIpc) is 2.42. The number of benzene rings is 2. The van der Waals surface area contributed by atoms with Crippen LogP contribution in [0.1, 0.15) is 34.5 Å². The van der Waals surface area contributed by atoms with Crippen LogP contribution < -0.4 is 11.1 Å². The molecule has 104 valence electrons. The van der Waals surface area contributed by atoms with Gasteiger partial charge in [0.05, 0.1) is 11.6 Å². The summed E-state index contributed by atoms with van der Waals surface area (Å²) >= 11 is 3.40. The van der Waals surface area contributed by atoms with Crippen LogP contribution in [0.5, 0.6) is 0 Å². The van der Waals surface area contributed by atoms with Gasteiger partial charge in [0.25, 0.3) is 5.91 Å². The van der Waals surface area contributed by atoms with Gasteiger partial charge in [-0.1, -0.05) is 40.2 Å². The Kier molecular flexibility index (Phi) is 4.45. The summed E-state index contributed by atoms with van der Waals surface area (Å²) in [5, 5.41) is 2.97. The number of hydrogen-bond donors (Lipinski definition) is 2. The zero-order valence-electron chi connectivity index (χ0n) is 11.5. The Morgan fingerprint density at radius 2 is 1.85 bits per heavy atom. The molecule has 0 aliphatic carbocycles. The van der Waals surface area contributed by atoms with E-state index in [9.17, 15) is 4.79 Å². The third kappa shape index (κ3) is 3.20. The molecule has 0 aliphatic heterocycles. The van der Waals surface area contributed by atoms with Crippen molar-refractivity contribution in [1.82, 2.24) is 5.32 Å². The maximum Gasteiger partial charge on any atom is 0.253 e. The molecule has 0 aliphatic rings. The van der Waals surface area contributed by atoms with Crippen molar-refractivity contribution in [2.45, 2.75) is 19.9 Å². The molecule has 1 atom stereocenters. The molecule has 20 heavy (non-hydrogen) atoms. The van der Waals surface area contributed by atoms with Crippen molar-refractivity contribution in [3.63, 3.8) is 0 Å². The number of amides is 1. The Balaban J connectivity index is 2.15. The number of nitrogen functional groups attached to an aromatic ring is 1. The lowest BCUT2D eigenvalue weighted by atomic mass is 10.1. The number of hydrogen-bond acceptors (Lipinski definition) is 2. The van der Waals surface area contributed by atoms with Gasteiger partial charge >= 0.3 is 0 Å². The maximum atomic E-state index is 12.3. The zero-order valence-corrected chi connectivity index (χ0v) is 13.1. The normalized spacial score (nSPS) is 11.9. The predicted molar refractivity (Wildman–Crippen MR) is 85.6 cm³/mol. The summed E-state index contributed by atoms with van der Waals surface area (Å²) in [5.74, 6) is -0.151. The molecule has 0 unspecified atom stereocenters. The van der Waals surface area contributed by atoms with Crippen molar-refractivity contribution in [1.29, 1.82) is 0 Å². The summed E-state index contributed by atoms with van der Waals surface area (Å²) in [6.45, 7) is 3.84. The fourth-order valence-electron chi connectivity index (χ4n) is 1.99. The molecule has 3 nitrogen and oxygen atoms in total. The Morgan fingerprint density at radius 1 is 1.20 bits per heavy atom. The number of halogens is 1. The molecule has 2 rings (SSSR count). The Hall–Kier alpha value is -1.81. The predicted octanol–water partition coefficient (Wildman–Crippen LogP) is 3.83. The van der Waals surface area contributed by atoms with E-state index < -0.39 is 0 Å². The van der Waals surface area contributed by atoms with E-state index in [0.29, 0.717) is 11.3 Å². The molecule has 0 bridgehead atoms. The number of carbonyl (C=O) groups excluding carboxylic acids is 1. The fraction of sp³-hybridized carbons (Fsp3) is 0.188. The van der Waals surface area contributed by atoms with Gasteiger partial charge in [0, 0.05) is 10.2 Å². The van der Waals surface area contributed by atoms with Crippen LogP contribution >= 0.6 is 15.9 Å². The van der Waals surface area contributed by atoms with Gasteiger partial charge in [-0.05, 0) is 43.2 Å². The van der Waals surface area contributed by atoms with Crippen LogP contribution in [0, 0.1) is 6.92 Å². The third-order valence-electron chi connectivity index (χ3n) is 3.29. The van der Waals surface area contributed by atoms with Gasteiger partial charge in [0.15, 0.2) is 0 Å². The van der Waals surface area contributed by atoms with Gasteiger partial charge in [0.2, 0.25) is 0 Å². The van der Waals surface area contributed by atoms with Crippen molar-refractivity contribution >= 4 is 27.5 Å². The monoisotopic (exact) mass is 332 g/mol. The number of rotatable bonds is 3. The molecule has 4 heteroatoms. The Bertz CT molecular complexity index is 623. The summed E-state index contributed by atoms with van der Waals surface area (Å²) in [6.07, 6.45) is 0. The van der Waals surface area contributed by atoms with Crippen LogP contribution in [-0.2, 0) is 0 Å². The van der Waals surface area contributed by atoms with E-state index in [1.54, 1.807) is 6.07 Å². The largest absolute Gasteiger partial charge is 0.398 e. The highest BCUT2D eigenvalue weighted by atomic mass is 79.9. The van der Waals surface area contributed by atoms with Crippen LogP contribution in [0.3, 0.4) is 0 Å². The number of anilines is 1. The van der Waals surface area contributed by atoms with E-state index in [-0.39, 0.29) is 11.9 Å². The molecule has 2 aromatic rings. The first kappa shape index (κ1) is 14.6. The average molecular weight is 333 g/mol. The van der Waals surface area contributed by atoms with Crippen LogP contribution in [0.15, 0.2) is 46.9 Å². The number of para-hydroxylation sites is 1. The maximum absolute atomic E-state index is 12.3. The van der Waals surface area contributed by atoms with Crippen molar-refractivity contribution in [3.05, 3.63) is 63.6 Å². The number of aryl methyl sites for hydroxylation is 1. The second-order valence-electron chi connectivity index (χ2n) is 4.78. The lowest BCUT2D eigenvalue weighted by Crippen LogP contribution is -2.27. The molecular formula is C16H17BrN2O. The van der Waals surface area contributed by atoms with E-state index in [4.69, 9.17) is 5.73 Å². The molecule has 0 spiro atoms. The SMILES string of the molecule is Cc1cccc(C(=O)N[C@@H](C)c2ccc(Br)cc2)c1N. The van der Waals surface area contributed by atoms with Crippen molar-refractivity contribution in [2.24, 2.45) is 0 Å². The Labute approximate surface area is 127 Å². The highest BCUT2D eigenvalue weighted by Gasteiger charge is 2.14. The van der Waals surface area contributed by atoms with Crippen LogP contribution in [0.2, 0.25) is 0 Å². The van der Waals surface area contributed by atoms with E-state index >= 15 is 0 Å². The highest BCUT2D eigenvalue weighted by molar-refractivity contribution is 9.10. The van der Waals surface area contributed by atoms with Gasteiger partial charge in [-0.25, -0.2) is 0 Å². The molecular weight excluding hydrogens is 316 g/mol. The zero-order chi connectivity index (χ0) is 14.7. The standard InChI is InChI=1S/C16H17BrN2O/c1-10-4-3-5-14(15(10)18)16(20)19-11(2)12-6-8-13(17)9-7-12/h3-9,11H,18H2,1-2H3,(H,19,20)/t11-/m0/s1. The van der Waals surface area contributed by atoms with Gasteiger partial charge in [-0.2, -0.15) is 0 Å². The van der Waals surface area contributed by atoms with Gasteiger partial charge < -0.3 is 11.1 Å². The molecule has 0 heterocycles. The molecule has 0 fully saturated rings. The van der Waals surface area contributed by atoms with Crippen LogP contribution in [-0.4, -0.2) is 5.91 Å². The molecule has 0 radical (unpaired) electrons. The summed E-state index contributed by atoms with van der Waals surface area (Å²) in [4.78, 5) is 12.3. The van der Waals surface area contributed by atoms with E-state index in [1.165, 1.54) is 0 Å². The van der Waals surface area contributed by atoms with E-state index in [0.717, 1.165) is 15.6 Å². The lowest BCUT2D eigenvalue weighted by Gasteiger charge is -2.16. The number of nitrogens with one attached hydrogen (secondary N) is 1. The molecule has 2 aromatic carbocycles. The third-order valence-corrected chi connectivity index (χ3v) is 3.82. The quantitative estimate of drug-likeness (QED) is 0.839. The first-order valence-corrected chi connectivity index (χ1v) is 7.19. The summed E-state index contributed by atoms with van der Waals surface area (Å²) < 4.78 is 1.02. The lowest BCUT2D eigenvalue weighted by molar-refractivity contribution is 0.0940. The molecule has 0 aromatic heterocycles. The van der Waals surface area contributed by atoms with Crippen LogP contribution in [0.4, 0.5) is 5.69 Å². The molecule has 1 amide bonds. The summed E-state index contributed by atoms with van der Waals surface area (Å²) in [5.41, 5.74) is 8.97. The van der Waals surface area contributed by atoms with Crippen molar-refractivity contribution < 1.29 is 4.79 Å². The topological polar surface area (TPSA) is 55.1 Å². The summed E-state index contributed by atoms with van der Waals surface area (Å²) in [6, 6.07) is 13.3. The van der Waals surface area contributed by atoms with Gasteiger partial charge in [-0.15, -0.1) is 0 Å². The van der Waals surface area contributed by atoms with Gasteiger partial charge in [0.1, 0.15) is 0 Å². The number of nitrogens with two attached hydrogens (primary N) is 1. The smallest absolute Gasteiger partial charge is 0.253 e. The summed E-state index contributed by atoms with van der Waals surface area (Å²) in [7, 11) is 0. The minimum atomic E-state index is -0.151. The second kappa shape index (κ2) is 6.09. The number of carbonyl (C=O) groups is 1. The van der Waals surface area contributed by atoms with Crippen molar-refractivity contribution in [2.75, 3.05) is 5.73 Å². The second-order valence-corrected chi connectivity index (χ2v) is 5.70. The van der Waals surface area contributed by atoms with E-state index in [2.05, 4.69) is 21.2 Å². The van der Waals surface area contributed by atoms with E-state index in [1.807, 2.05) is 50.2 Å². The first-order valence-electron chi connectivity index (χ1n) is 6.40.